The summed E-state index contributed by atoms with van der Waals surface area (Å²) in [6.45, 7) is 7.54. The second-order valence-electron chi connectivity index (χ2n) is 6.81. The molecule has 1 aliphatic rings. The second kappa shape index (κ2) is 7.20. The molecule has 1 fully saturated rings. The van der Waals surface area contributed by atoms with Crippen LogP contribution in [0.2, 0.25) is 0 Å². The van der Waals surface area contributed by atoms with Crippen molar-refractivity contribution in [1.82, 2.24) is 9.94 Å². The number of hydrogen-bond donors (Lipinski definition) is 0. The molecule has 1 aromatic carbocycles. The lowest BCUT2D eigenvalue weighted by molar-refractivity contribution is -0.146. The summed E-state index contributed by atoms with van der Waals surface area (Å²) in [6, 6.07) is 5.91. The highest BCUT2D eigenvalue weighted by atomic mass is 16.7. The molecule has 0 atom stereocenters. The zero-order valence-electron chi connectivity index (χ0n) is 15.6. The minimum absolute atomic E-state index is 0.308. The summed E-state index contributed by atoms with van der Waals surface area (Å²) in [5, 5.41) is 13.7. The van der Waals surface area contributed by atoms with E-state index in [1.807, 2.05) is 39.8 Å². The molecule has 0 radical (unpaired) electrons. The van der Waals surface area contributed by atoms with Crippen molar-refractivity contribution >= 4 is 5.97 Å². The van der Waals surface area contributed by atoms with Crippen molar-refractivity contribution in [3.05, 3.63) is 40.2 Å². The van der Waals surface area contributed by atoms with Gasteiger partial charge < -0.3 is 9.57 Å². The molecule has 0 saturated heterocycles. The molecule has 0 spiro atoms. The molecule has 1 aromatic heterocycles. The van der Waals surface area contributed by atoms with Gasteiger partial charge >= 0.3 is 5.97 Å². The number of benzene rings is 1. The van der Waals surface area contributed by atoms with E-state index >= 15 is 0 Å². The molecule has 1 saturated carbocycles. The van der Waals surface area contributed by atoms with Gasteiger partial charge in [-0.05, 0) is 63.3 Å². The number of carbonyl (C=O) groups is 1. The monoisotopic (exact) mass is 353 g/mol. The molecule has 1 aliphatic carbocycles. The van der Waals surface area contributed by atoms with E-state index in [1.165, 1.54) is 4.85 Å². The van der Waals surface area contributed by atoms with E-state index < -0.39 is 0 Å². The van der Waals surface area contributed by atoms with Crippen molar-refractivity contribution in [3.8, 4) is 17.6 Å². The van der Waals surface area contributed by atoms with Crippen molar-refractivity contribution in [3.63, 3.8) is 0 Å². The van der Waals surface area contributed by atoms with Gasteiger partial charge in [0, 0.05) is 12.3 Å². The number of rotatable bonds is 6. The largest absolute Gasteiger partial charge is 0.453 e. The van der Waals surface area contributed by atoms with Crippen LogP contribution in [0, 0.1) is 32.1 Å². The Morgan fingerprint density at radius 1 is 1.31 bits per heavy atom. The van der Waals surface area contributed by atoms with Crippen molar-refractivity contribution in [2.45, 2.75) is 59.3 Å². The summed E-state index contributed by atoms with van der Waals surface area (Å²) in [5.41, 5.74) is 3.90. The summed E-state index contributed by atoms with van der Waals surface area (Å²) < 4.78 is 6.14. The minimum atomic E-state index is -0.308. The number of nitrogens with zero attached hydrogens (tertiary/aromatic N) is 3. The van der Waals surface area contributed by atoms with Crippen molar-refractivity contribution in [2.24, 2.45) is 0 Å². The maximum absolute atomic E-state index is 11.8. The quantitative estimate of drug-likeness (QED) is 0.781. The van der Waals surface area contributed by atoms with Crippen LogP contribution in [0.1, 0.15) is 66.6 Å². The Labute approximate surface area is 153 Å². The van der Waals surface area contributed by atoms with E-state index in [4.69, 9.17) is 9.57 Å². The van der Waals surface area contributed by atoms with Gasteiger partial charge in [0.15, 0.2) is 5.75 Å². The number of aryl methyl sites for hydroxylation is 2. The van der Waals surface area contributed by atoms with Crippen molar-refractivity contribution in [2.75, 3.05) is 0 Å². The third-order valence-corrected chi connectivity index (χ3v) is 4.49. The van der Waals surface area contributed by atoms with Crippen LogP contribution >= 0.6 is 0 Å². The van der Waals surface area contributed by atoms with Crippen LogP contribution in [0.3, 0.4) is 0 Å². The van der Waals surface area contributed by atoms with Crippen LogP contribution in [-0.2, 0) is 4.79 Å². The molecule has 2 aromatic rings. The molecule has 3 rings (SSSR count). The molecule has 6 nitrogen and oxygen atoms in total. The first-order chi connectivity index (χ1) is 12.4. The van der Waals surface area contributed by atoms with Gasteiger partial charge in [0.05, 0.1) is 11.6 Å². The third kappa shape index (κ3) is 3.57. The van der Waals surface area contributed by atoms with Gasteiger partial charge in [0.25, 0.3) is 0 Å². The Hall–Kier alpha value is -2.81. The maximum Gasteiger partial charge on any atom is 0.334 e. The molecule has 6 heteroatoms. The van der Waals surface area contributed by atoms with Crippen LogP contribution in [0.15, 0.2) is 12.1 Å². The molecule has 0 aliphatic heterocycles. The first-order valence-electron chi connectivity index (χ1n) is 8.94. The first kappa shape index (κ1) is 18.0. The number of aromatic nitrogens is 2. The number of ether oxygens (including phenoxy) is 1. The van der Waals surface area contributed by atoms with E-state index in [0.717, 1.165) is 36.1 Å². The summed E-state index contributed by atoms with van der Waals surface area (Å²) in [6.07, 6.45) is 3.19. The normalized spacial score (nSPS) is 13.3. The van der Waals surface area contributed by atoms with Gasteiger partial charge in [0.2, 0.25) is 0 Å². The Morgan fingerprint density at radius 3 is 2.50 bits per heavy atom. The Kier molecular flexibility index (Phi) is 4.99. The molecule has 26 heavy (non-hydrogen) atoms. The van der Waals surface area contributed by atoms with Gasteiger partial charge in [-0.25, -0.2) is 4.79 Å². The minimum Gasteiger partial charge on any atom is -0.453 e. The summed E-state index contributed by atoms with van der Waals surface area (Å²) in [4.78, 5) is 18.5. The smallest absolute Gasteiger partial charge is 0.334 e. The van der Waals surface area contributed by atoms with E-state index in [9.17, 15) is 10.1 Å². The topological polar surface area (TPSA) is 77.1 Å². The third-order valence-electron chi connectivity index (χ3n) is 4.49. The lowest BCUT2D eigenvalue weighted by Crippen LogP contribution is -2.21. The second-order valence-corrected chi connectivity index (χ2v) is 6.81. The number of hydrogen-bond acceptors (Lipinski definition) is 5. The van der Waals surface area contributed by atoms with Crippen LogP contribution in [-0.4, -0.2) is 15.9 Å². The highest BCUT2D eigenvalue weighted by Crippen LogP contribution is 2.45. The van der Waals surface area contributed by atoms with Gasteiger partial charge in [-0.1, -0.05) is 11.8 Å². The Morgan fingerprint density at radius 2 is 1.96 bits per heavy atom. The van der Waals surface area contributed by atoms with Crippen LogP contribution < -0.4 is 9.57 Å². The molecule has 0 amide bonds. The maximum atomic E-state index is 11.8. The molecule has 0 bridgehead atoms. The summed E-state index contributed by atoms with van der Waals surface area (Å²) in [7, 11) is 0. The molecule has 0 unspecified atom stereocenters. The first-order valence-corrected chi connectivity index (χ1v) is 8.94. The fraction of sp³-hybridized carbons (Fsp3) is 0.450. The van der Waals surface area contributed by atoms with Gasteiger partial charge in [-0.2, -0.15) is 5.26 Å². The molecular weight excluding hydrogens is 330 g/mol. The van der Waals surface area contributed by atoms with E-state index in [2.05, 4.69) is 11.2 Å². The Balaban J connectivity index is 1.93. The highest BCUT2D eigenvalue weighted by Gasteiger charge is 2.33. The molecule has 136 valence electrons. The van der Waals surface area contributed by atoms with Crippen molar-refractivity contribution in [1.29, 1.82) is 5.26 Å². The van der Waals surface area contributed by atoms with Crippen LogP contribution in [0.5, 0.6) is 11.5 Å². The fourth-order valence-electron chi connectivity index (χ4n) is 2.95. The van der Waals surface area contributed by atoms with E-state index in [0.29, 0.717) is 35.1 Å². The lowest BCUT2D eigenvalue weighted by Gasteiger charge is -2.10. The number of carbonyl (C=O) groups excluding carboxylic acids is 1. The zero-order chi connectivity index (χ0) is 18.8. The Bertz CT molecular complexity index is 865. The standard InChI is InChI=1S/C20H23N3O3/c1-5-6-18(24)26-23-14(4)20(19(22-23)15-7-8-15)25-16-9-12(2)17(11-21)13(3)10-16/h9-10,15H,5-8H2,1-4H3. The average molecular weight is 353 g/mol. The molecular formula is C20H23N3O3. The fourth-order valence-corrected chi connectivity index (χ4v) is 2.95. The summed E-state index contributed by atoms with van der Waals surface area (Å²) >= 11 is 0. The van der Waals surface area contributed by atoms with Crippen LogP contribution in [0.4, 0.5) is 0 Å². The predicted octanol–water partition coefficient (Wildman–Crippen LogP) is 4.11. The highest BCUT2D eigenvalue weighted by molar-refractivity contribution is 5.69. The van der Waals surface area contributed by atoms with Crippen LogP contribution in [0.25, 0.3) is 0 Å². The predicted molar refractivity (Wildman–Crippen MR) is 96.1 cm³/mol. The summed E-state index contributed by atoms with van der Waals surface area (Å²) in [5.74, 6) is 1.33. The van der Waals surface area contributed by atoms with E-state index in [1.54, 1.807) is 0 Å². The van der Waals surface area contributed by atoms with Crippen molar-refractivity contribution < 1.29 is 14.4 Å². The molecule has 1 heterocycles. The number of nitriles is 1. The zero-order valence-corrected chi connectivity index (χ0v) is 15.6. The SMILES string of the molecule is CCCC(=O)On1nc(C2CC2)c(Oc2cc(C)c(C#N)c(C)c2)c1C. The van der Waals surface area contributed by atoms with Gasteiger partial charge in [-0.15, -0.1) is 5.10 Å². The van der Waals surface area contributed by atoms with E-state index in [-0.39, 0.29) is 5.97 Å². The van der Waals surface area contributed by atoms with Gasteiger partial charge in [-0.3, -0.25) is 0 Å². The average Bonchev–Trinajstić information content (AvgIpc) is 3.37. The molecule has 0 N–H and O–H groups in total. The lowest BCUT2D eigenvalue weighted by atomic mass is 10.0. The van der Waals surface area contributed by atoms with Gasteiger partial charge in [0.1, 0.15) is 17.1 Å².